The Labute approximate surface area is 201 Å². The molecule has 200 valence electrons. The van der Waals surface area contributed by atoms with Crippen molar-refractivity contribution in [3.63, 3.8) is 0 Å². The van der Waals surface area contributed by atoms with Crippen molar-refractivity contribution in [1.29, 1.82) is 0 Å². The van der Waals surface area contributed by atoms with Crippen LogP contribution in [0.2, 0.25) is 0 Å². The van der Waals surface area contributed by atoms with Gasteiger partial charge >= 0.3 is 0 Å². The molecule has 0 amide bonds. The van der Waals surface area contributed by atoms with Crippen LogP contribution in [-0.4, -0.2) is 157 Å². The molecule has 0 aromatic carbocycles. The number of methoxy groups -OCH3 is 4. The van der Waals surface area contributed by atoms with Gasteiger partial charge in [-0.2, -0.15) is 0 Å². The minimum absolute atomic E-state index is 0.619. The molecule has 0 N–H and O–H groups in total. The summed E-state index contributed by atoms with van der Waals surface area (Å²) < 4.78 is 42.8. The van der Waals surface area contributed by atoms with Crippen molar-refractivity contribution in [2.45, 2.75) is 6.42 Å². The van der Waals surface area contributed by atoms with Gasteiger partial charge in [0, 0.05) is 54.6 Å². The Kier molecular flexibility index (Phi) is 27.5. The van der Waals surface area contributed by atoms with Crippen molar-refractivity contribution in [2.24, 2.45) is 0 Å². The summed E-state index contributed by atoms with van der Waals surface area (Å²) >= 11 is 0. The first-order valence-electron chi connectivity index (χ1n) is 12.0. The van der Waals surface area contributed by atoms with Crippen molar-refractivity contribution in [1.82, 2.24) is 9.80 Å². The second kappa shape index (κ2) is 27.8. The molecule has 0 atom stereocenters. The molecule has 0 aromatic heterocycles. The van der Waals surface area contributed by atoms with Gasteiger partial charge in [-0.05, 0) is 19.5 Å². The molecule has 0 spiro atoms. The quantitative estimate of drug-likeness (QED) is 0.148. The predicted octanol–water partition coefficient (Wildman–Crippen LogP) is 0.633. The summed E-state index contributed by atoms with van der Waals surface area (Å²) in [4.78, 5) is 4.78. The summed E-state index contributed by atoms with van der Waals surface area (Å²) in [6.45, 7) is 13.1. The Balaban J connectivity index is 4.35. The van der Waals surface area contributed by atoms with Gasteiger partial charge in [0.25, 0.3) is 0 Å². The third kappa shape index (κ3) is 24.5. The van der Waals surface area contributed by atoms with Crippen LogP contribution in [0.4, 0.5) is 0 Å². The Hall–Kier alpha value is -0.400. The highest BCUT2D eigenvalue weighted by Gasteiger charge is 2.09. The molecule has 0 aliphatic heterocycles. The lowest BCUT2D eigenvalue weighted by Crippen LogP contribution is -2.37. The van der Waals surface area contributed by atoms with E-state index >= 15 is 0 Å². The number of ether oxygens (including phenoxy) is 8. The molecule has 0 unspecified atom stereocenters. The first-order chi connectivity index (χ1) is 16.3. The Morgan fingerprint density at radius 3 is 0.848 bits per heavy atom. The van der Waals surface area contributed by atoms with E-state index < -0.39 is 0 Å². The van der Waals surface area contributed by atoms with Crippen molar-refractivity contribution in [2.75, 3.05) is 147 Å². The minimum Gasteiger partial charge on any atom is -0.382 e. The summed E-state index contributed by atoms with van der Waals surface area (Å²) in [6, 6.07) is 0. The lowest BCUT2D eigenvalue weighted by molar-refractivity contribution is 0.0318. The average molecular weight is 483 g/mol. The standard InChI is InChI=1S/C23H50N2O8/c1-26-16-20-30-12-8-24(9-13-31-21-17-27-2)6-5-7-25(10-14-32-22-18-28-3)11-15-33-23-19-29-4/h5-23H2,1-4H3. The van der Waals surface area contributed by atoms with Gasteiger partial charge in [-0.1, -0.05) is 0 Å². The van der Waals surface area contributed by atoms with E-state index in [1.54, 1.807) is 28.4 Å². The summed E-state index contributed by atoms with van der Waals surface area (Å²) in [5.41, 5.74) is 0. The lowest BCUT2D eigenvalue weighted by atomic mass is 10.3. The van der Waals surface area contributed by atoms with Crippen molar-refractivity contribution < 1.29 is 37.9 Å². The number of nitrogens with zero attached hydrogens (tertiary/aromatic N) is 2. The smallest absolute Gasteiger partial charge is 0.0700 e. The Morgan fingerprint density at radius 1 is 0.333 bits per heavy atom. The summed E-state index contributed by atoms with van der Waals surface area (Å²) in [7, 11) is 6.74. The van der Waals surface area contributed by atoms with Crippen LogP contribution >= 0.6 is 0 Å². The highest BCUT2D eigenvalue weighted by Crippen LogP contribution is 1.98. The molecule has 0 saturated heterocycles. The molecule has 0 rings (SSSR count). The minimum atomic E-state index is 0.619. The number of hydrogen-bond donors (Lipinski definition) is 0. The fourth-order valence-corrected chi connectivity index (χ4v) is 2.94. The summed E-state index contributed by atoms with van der Waals surface area (Å²) in [6.07, 6.45) is 1.05. The van der Waals surface area contributed by atoms with E-state index in [4.69, 9.17) is 37.9 Å². The first-order valence-corrected chi connectivity index (χ1v) is 12.0. The van der Waals surface area contributed by atoms with Gasteiger partial charge in [0.05, 0.1) is 79.3 Å². The molecule has 0 fully saturated rings. The highest BCUT2D eigenvalue weighted by molar-refractivity contribution is 4.63. The van der Waals surface area contributed by atoms with Crippen LogP contribution in [0.3, 0.4) is 0 Å². The van der Waals surface area contributed by atoms with Gasteiger partial charge in [0.15, 0.2) is 0 Å². The molecule has 10 heteroatoms. The molecule has 0 heterocycles. The molecule has 0 aromatic rings. The largest absolute Gasteiger partial charge is 0.382 e. The van der Waals surface area contributed by atoms with E-state index in [0.29, 0.717) is 79.3 Å². The molecule has 0 aliphatic rings. The van der Waals surface area contributed by atoms with Crippen LogP contribution in [0.25, 0.3) is 0 Å². The van der Waals surface area contributed by atoms with E-state index in [9.17, 15) is 0 Å². The van der Waals surface area contributed by atoms with Gasteiger partial charge < -0.3 is 37.9 Å². The zero-order chi connectivity index (χ0) is 24.2. The zero-order valence-electron chi connectivity index (χ0n) is 21.6. The third-order valence-corrected chi connectivity index (χ3v) is 4.88. The molecule has 33 heavy (non-hydrogen) atoms. The van der Waals surface area contributed by atoms with Crippen LogP contribution < -0.4 is 0 Å². The molecule has 10 nitrogen and oxygen atoms in total. The van der Waals surface area contributed by atoms with Crippen LogP contribution in [0.5, 0.6) is 0 Å². The van der Waals surface area contributed by atoms with Crippen LogP contribution in [0, 0.1) is 0 Å². The molecular formula is C23H50N2O8. The second-order valence-electron chi connectivity index (χ2n) is 7.46. The van der Waals surface area contributed by atoms with Crippen LogP contribution in [0.15, 0.2) is 0 Å². The van der Waals surface area contributed by atoms with Gasteiger partial charge in [0.2, 0.25) is 0 Å². The fourth-order valence-electron chi connectivity index (χ4n) is 2.94. The normalized spacial score (nSPS) is 11.8. The van der Waals surface area contributed by atoms with E-state index in [-0.39, 0.29) is 0 Å². The maximum Gasteiger partial charge on any atom is 0.0700 e. The van der Waals surface area contributed by atoms with E-state index in [2.05, 4.69) is 9.80 Å². The number of rotatable bonds is 28. The lowest BCUT2D eigenvalue weighted by Gasteiger charge is -2.26. The molecule has 0 bridgehead atoms. The van der Waals surface area contributed by atoms with Gasteiger partial charge in [-0.3, -0.25) is 9.80 Å². The first kappa shape index (κ1) is 32.6. The maximum absolute atomic E-state index is 5.66. The number of hydrogen-bond acceptors (Lipinski definition) is 10. The van der Waals surface area contributed by atoms with Crippen LogP contribution in [-0.2, 0) is 37.9 Å². The predicted molar refractivity (Wildman–Crippen MR) is 128 cm³/mol. The summed E-state index contributed by atoms with van der Waals surface area (Å²) in [5, 5.41) is 0. The van der Waals surface area contributed by atoms with E-state index in [0.717, 1.165) is 45.7 Å². The van der Waals surface area contributed by atoms with Crippen molar-refractivity contribution in [3.8, 4) is 0 Å². The molecule has 0 saturated carbocycles. The fraction of sp³-hybridized carbons (Fsp3) is 1.00. The maximum atomic E-state index is 5.66. The monoisotopic (exact) mass is 482 g/mol. The van der Waals surface area contributed by atoms with Crippen molar-refractivity contribution >= 4 is 0 Å². The Morgan fingerprint density at radius 2 is 0.606 bits per heavy atom. The average Bonchev–Trinajstić information content (AvgIpc) is 2.82. The second-order valence-corrected chi connectivity index (χ2v) is 7.46. The van der Waals surface area contributed by atoms with E-state index in [1.807, 2.05) is 0 Å². The molecular weight excluding hydrogens is 432 g/mol. The topological polar surface area (TPSA) is 80.3 Å². The SMILES string of the molecule is COCCOCCN(CCCN(CCOCCOC)CCOCCOC)CCOCCOC. The van der Waals surface area contributed by atoms with Gasteiger partial charge in [-0.15, -0.1) is 0 Å². The van der Waals surface area contributed by atoms with Crippen LogP contribution in [0.1, 0.15) is 6.42 Å². The van der Waals surface area contributed by atoms with Gasteiger partial charge in [0.1, 0.15) is 0 Å². The zero-order valence-corrected chi connectivity index (χ0v) is 21.6. The third-order valence-electron chi connectivity index (χ3n) is 4.88. The molecule has 0 radical (unpaired) electrons. The highest BCUT2D eigenvalue weighted by atomic mass is 16.5. The van der Waals surface area contributed by atoms with E-state index in [1.165, 1.54) is 0 Å². The van der Waals surface area contributed by atoms with Gasteiger partial charge in [-0.25, -0.2) is 0 Å². The Bertz CT molecular complexity index is 309. The van der Waals surface area contributed by atoms with Crippen molar-refractivity contribution in [3.05, 3.63) is 0 Å². The molecule has 0 aliphatic carbocycles. The summed E-state index contributed by atoms with van der Waals surface area (Å²) in [5.74, 6) is 0.